The Morgan fingerprint density at radius 3 is 2.88 bits per heavy atom. The molecule has 1 unspecified atom stereocenters. The van der Waals surface area contributed by atoms with Gasteiger partial charge in [0, 0.05) is 11.4 Å². The molecule has 1 N–H and O–H groups in total. The van der Waals surface area contributed by atoms with E-state index < -0.39 is 11.9 Å². The van der Waals surface area contributed by atoms with E-state index in [0.717, 1.165) is 6.07 Å². The van der Waals surface area contributed by atoms with E-state index in [0.29, 0.717) is 12.2 Å². The summed E-state index contributed by atoms with van der Waals surface area (Å²) in [7, 11) is 0. The highest BCUT2D eigenvalue weighted by Gasteiger charge is 2.14. The van der Waals surface area contributed by atoms with Gasteiger partial charge < -0.3 is 9.84 Å². The minimum atomic E-state index is -0.896. The Morgan fingerprint density at radius 1 is 1.59 bits per heavy atom. The molecule has 94 valence electrons. The summed E-state index contributed by atoms with van der Waals surface area (Å²) in [6.07, 6.45) is -0.597. The minimum Gasteiger partial charge on any atom is -0.466 e. The largest absolute Gasteiger partial charge is 0.466 e. The summed E-state index contributed by atoms with van der Waals surface area (Å²) < 4.78 is 17.5. The van der Waals surface area contributed by atoms with Crippen molar-refractivity contribution in [1.82, 2.24) is 0 Å². The molecule has 0 spiro atoms. The van der Waals surface area contributed by atoms with Crippen LogP contribution in [0.15, 0.2) is 18.2 Å². The second-order valence-electron chi connectivity index (χ2n) is 3.53. The van der Waals surface area contributed by atoms with Crippen LogP contribution in [-0.2, 0) is 9.53 Å². The van der Waals surface area contributed by atoms with E-state index in [-0.39, 0.29) is 23.8 Å². The van der Waals surface area contributed by atoms with E-state index in [1.165, 1.54) is 12.1 Å². The average molecular weight is 261 g/mol. The lowest BCUT2D eigenvalue weighted by molar-refractivity contribution is -0.143. The quantitative estimate of drug-likeness (QED) is 0.828. The van der Waals surface area contributed by atoms with Crippen LogP contribution in [0.4, 0.5) is 4.39 Å². The van der Waals surface area contributed by atoms with Gasteiger partial charge in [0.2, 0.25) is 0 Å². The third kappa shape index (κ3) is 4.32. The van der Waals surface area contributed by atoms with Crippen LogP contribution in [0, 0.1) is 5.82 Å². The summed E-state index contributed by atoms with van der Waals surface area (Å²) in [4.78, 5) is 11.1. The summed E-state index contributed by atoms with van der Waals surface area (Å²) in [5.41, 5.74) is 0.414. The van der Waals surface area contributed by atoms with E-state index in [4.69, 9.17) is 16.3 Å². The normalized spacial score (nSPS) is 12.2. The van der Waals surface area contributed by atoms with Crippen molar-refractivity contribution in [3.63, 3.8) is 0 Å². The number of halogens is 2. The summed E-state index contributed by atoms with van der Waals surface area (Å²) in [5, 5.41) is 9.95. The second kappa shape index (κ2) is 6.57. The van der Waals surface area contributed by atoms with Gasteiger partial charge in [0.25, 0.3) is 0 Å². The number of hydrogen-bond donors (Lipinski definition) is 1. The van der Waals surface area contributed by atoms with Gasteiger partial charge in [-0.1, -0.05) is 17.7 Å². The zero-order chi connectivity index (χ0) is 12.8. The van der Waals surface area contributed by atoms with E-state index in [9.17, 15) is 14.3 Å². The van der Waals surface area contributed by atoms with Gasteiger partial charge in [0.15, 0.2) is 0 Å². The molecule has 0 saturated carbocycles. The first kappa shape index (κ1) is 13.9. The maximum atomic E-state index is 12.8. The molecular formula is C12H14ClFO3. The zero-order valence-electron chi connectivity index (χ0n) is 9.45. The topological polar surface area (TPSA) is 46.5 Å². The summed E-state index contributed by atoms with van der Waals surface area (Å²) in [6.45, 7) is 2.03. The van der Waals surface area contributed by atoms with Gasteiger partial charge >= 0.3 is 5.97 Å². The molecule has 0 aliphatic rings. The molecule has 1 rings (SSSR count). The molecule has 0 amide bonds. The molecule has 1 aromatic rings. The van der Waals surface area contributed by atoms with Gasteiger partial charge in [-0.2, -0.15) is 0 Å². The highest BCUT2D eigenvalue weighted by atomic mass is 35.5. The van der Waals surface area contributed by atoms with Crippen molar-refractivity contribution in [3.05, 3.63) is 34.6 Å². The molecule has 0 heterocycles. The van der Waals surface area contributed by atoms with Crippen LogP contribution in [0.25, 0.3) is 0 Å². The Hall–Kier alpha value is -1.13. The standard InChI is InChI=1S/C12H14ClFO3/c1-2-17-12(16)6-5-11(15)9-4-3-8(14)7-10(9)13/h3-4,7,11,15H,2,5-6H2,1H3. The van der Waals surface area contributed by atoms with Gasteiger partial charge in [-0.25, -0.2) is 4.39 Å². The number of rotatable bonds is 5. The van der Waals surface area contributed by atoms with Gasteiger partial charge in [0.05, 0.1) is 12.7 Å². The maximum Gasteiger partial charge on any atom is 0.305 e. The lowest BCUT2D eigenvalue weighted by Gasteiger charge is -2.12. The SMILES string of the molecule is CCOC(=O)CCC(O)c1ccc(F)cc1Cl. The number of carbonyl (C=O) groups excluding carboxylic acids is 1. The molecule has 0 saturated heterocycles. The van der Waals surface area contributed by atoms with Crippen LogP contribution < -0.4 is 0 Å². The lowest BCUT2D eigenvalue weighted by Crippen LogP contribution is -2.07. The zero-order valence-corrected chi connectivity index (χ0v) is 10.2. The predicted octanol–water partition coefficient (Wildman–Crippen LogP) is 2.86. The van der Waals surface area contributed by atoms with Crippen molar-refractivity contribution in [2.24, 2.45) is 0 Å². The fourth-order valence-corrected chi connectivity index (χ4v) is 1.71. The Balaban J connectivity index is 2.57. The molecule has 0 aliphatic heterocycles. The third-order valence-corrected chi connectivity index (χ3v) is 2.58. The van der Waals surface area contributed by atoms with Gasteiger partial charge in [-0.05, 0) is 31.0 Å². The van der Waals surface area contributed by atoms with Gasteiger partial charge in [0.1, 0.15) is 5.82 Å². The van der Waals surface area contributed by atoms with E-state index >= 15 is 0 Å². The van der Waals surface area contributed by atoms with Crippen LogP contribution in [0.2, 0.25) is 5.02 Å². The van der Waals surface area contributed by atoms with Crippen molar-refractivity contribution < 1.29 is 19.0 Å². The first-order chi connectivity index (χ1) is 8.04. The molecule has 0 aromatic heterocycles. The van der Waals surface area contributed by atoms with Crippen molar-refractivity contribution >= 4 is 17.6 Å². The number of carbonyl (C=O) groups is 1. The highest BCUT2D eigenvalue weighted by Crippen LogP contribution is 2.26. The van der Waals surface area contributed by atoms with Gasteiger partial charge in [-0.3, -0.25) is 4.79 Å². The molecule has 5 heteroatoms. The molecule has 1 atom stereocenters. The van der Waals surface area contributed by atoms with E-state index in [2.05, 4.69) is 0 Å². The molecule has 1 aromatic carbocycles. The van der Waals surface area contributed by atoms with Gasteiger partial charge in [-0.15, -0.1) is 0 Å². The van der Waals surface area contributed by atoms with E-state index in [1.807, 2.05) is 0 Å². The van der Waals surface area contributed by atoms with Crippen molar-refractivity contribution in [3.8, 4) is 0 Å². The highest BCUT2D eigenvalue weighted by molar-refractivity contribution is 6.31. The monoisotopic (exact) mass is 260 g/mol. The average Bonchev–Trinajstić information content (AvgIpc) is 2.26. The fourth-order valence-electron chi connectivity index (χ4n) is 1.41. The summed E-state index contributed by atoms with van der Waals surface area (Å²) in [6, 6.07) is 3.76. The van der Waals surface area contributed by atoms with Crippen LogP contribution in [0.5, 0.6) is 0 Å². The van der Waals surface area contributed by atoms with E-state index in [1.54, 1.807) is 6.92 Å². The number of aliphatic hydroxyl groups excluding tert-OH is 1. The molecule has 17 heavy (non-hydrogen) atoms. The molecule has 0 aliphatic carbocycles. The second-order valence-corrected chi connectivity index (χ2v) is 3.93. The van der Waals surface area contributed by atoms with Crippen LogP contribution >= 0.6 is 11.6 Å². The van der Waals surface area contributed by atoms with Crippen molar-refractivity contribution in [2.75, 3.05) is 6.61 Å². The molecule has 0 fully saturated rings. The number of hydrogen-bond acceptors (Lipinski definition) is 3. The Morgan fingerprint density at radius 2 is 2.29 bits per heavy atom. The first-order valence-corrected chi connectivity index (χ1v) is 5.71. The van der Waals surface area contributed by atoms with Crippen LogP contribution in [0.1, 0.15) is 31.4 Å². The Kier molecular flexibility index (Phi) is 5.38. The van der Waals surface area contributed by atoms with Crippen LogP contribution in [-0.4, -0.2) is 17.7 Å². The van der Waals surface area contributed by atoms with Crippen LogP contribution in [0.3, 0.4) is 0 Å². The Labute approximate surface area is 104 Å². The molecule has 0 radical (unpaired) electrons. The molecule has 3 nitrogen and oxygen atoms in total. The maximum absolute atomic E-state index is 12.8. The van der Waals surface area contributed by atoms with Crippen molar-refractivity contribution in [2.45, 2.75) is 25.9 Å². The summed E-state index contributed by atoms with van der Waals surface area (Å²) in [5.74, 6) is -0.832. The predicted molar refractivity (Wildman–Crippen MR) is 62.2 cm³/mol. The number of esters is 1. The first-order valence-electron chi connectivity index (χ1n) is 5.33. The molecule has 0 bridgehead atoms. The smallest absolute Gasteiger partial charge is 0.305 e. The minimum absolute atomic E-state index is 0.0999. The number of benzene rings is 1. The number of aliphatic hydroxyl groups is 1. The third-order valence-electron chi connectivity index (χ3n) is 2.25. The molecular weight excluding hydrogens is 247 g/mol. The Bertz CT molecular complexity index is 395. The fraction of sp³-hybridized carbons (Fsp3) is 0.417. The lowest BCUT2D eigenvalue weighted by atomic mass is 10.0. The number of ether oxygens (including phenoxy) is 1. The summed E-state index contributed by atoms with van der Waals surface area (Å²) >= 11 is 5.78. The van der Waals surface area contributed by atoms with Crippen molar-refractivity contribution in [1.29, 1.82) is 0 Å².